The molecule has 18 heavy (non-hydrogen) atoms. The Labute approximate surface area is 105 Å². The van der Waals surface area contributed by atoms with Crippen LogP contribution in [0.15, 0.2) is 42.7 Å². The molecule has 3 nitrogen and oxygen atoms in total. The zero-order valence-corrected chi connectivity index (χ0v) is 10.1. The minimum absolute atomic E-state index is 0.739. The number of nitrogens with one attached hydrogen (secondary N) is 1. The Kier molecular flexibility index (Phi) is 2.73. The van der Waals surface area contributed by atoms with E-state index in [-0.39, 0.29) is 0 Å². The first-order chi connectivity index (χ1) is 8.85. The minimum atomic E-state index is 0.739. The quantitative estimate of drug-likeness (QED) is 0.754. The van der Waals surface area contributed by atoms with Crippen LogP contribution in [0.5, 0.6) is 11.5 Å². The van der Waals surface area contributed by atoms with E-state index in [0.29, 0.717) is 0 Å². The summed E-state index contributed by atoms with van der Waals surface area (Å²) < 4.78 is 5.73. The molecule has 1 N–H and O–H groups in total. The van der Waals surface area contributed by atoms with Crippen molar-refractivity contribution in [2.45, 2.75) is 13.3 Å². The standard InChI is InChI=1S/C15H13N2O/c1-2-12-8-11-5-6-13(9-15(11)17-12)18-14-4-3-7-16-10-14/h3-7,9-10,17H,2H2,1H3. The molecule has 2 aromatic heterocycles. The molecule has 0 fully saturated rings. The minimum Gasteiger partial charge on any atom is -0.456 e. The summed E-state index contributed by atoms with van der Waals surface area (Å²) in [7, 11) is 0. The van der Waals surface area contributed by atoms with Gasteiger partial charge in [0.25, 0.3) is 0 Å². The topological polar surface area (TPSA) is 37.9 Å². The molecule has 0 aliphatic rings. The lowest BCUT2D eigenvalue weighted by Gasteiger charge is -2.04. The van der Waals surface area contributed by atoms with E-state index in [9.17, 15) is 0 Å². The van der Waals surface area contributed by atoms with E-state index in [2.05, 4.69) is 23.0 Å². The zero-order chi connectivity index (χ0) is 12.4. The number of aryl methyl sites for hydroxylation is 1. The van der Waals surface area contributed by atoms with E-state index < -0.39 is 0 Å². The number of aromatic nitrogens is 2. The van der Waals surface area contributed by atoms with Gasteiger partial charge in [-0.25, -0.2) is 0 Å². The molecule has 0 bridgehead atoms. The van der Waals surface area contributed by atoms with Gasteiger partial charge in [-0.3, -0.25) is 4.98 Å². The van der Waals surface area contributed by atoms with Crippen molar-refractivity contribution in [2.24, 2.45) is 0 Å². The number of pyridine rings is 1. The first-order valence-corrected chi connectivity index (χ1v) is 5.97. The van der Waals surface area contributed by atoms with Gasteiger partial charge >= 0.3 is 0 Å². The maximum Gasteiger partial charge on any atom is 0.145 e. The third-order valence-electron chi connectivity index (χ3n) is 2.79. The van der Waals surface area contributed by atoms with Crippen LogP contribution in [0.4, 0.5) is 0 Å². The Morgan fingerprint density at radius 1 is 1.28 bits per heavy atom. The van der Waals surface area contributed by atoms with E-state index in [1.54, 1.807) is 12.4 Å². The number of benzene rings is 1. The van der Waals surface area contributed by atoms with Crippen molar-refractivity contribution in [2.75, 3.05) is 0 Å². The van der Waals surface area contributed by atoms with E-state index in [1.807, 2.05) is 30.3 Å². The highest BCUT2D eigenvalue weighted by atomic mass is 16.5. The molecule has 0 spiro atoms. The summed E-state index contributed by atoms with van der Waals surface area (Å²) in [6.07, 6.45) is 4.37. The third-order valence-corrected chi connectivity index (χ3v) is 2.79. The highest BCUT2D eigenvalue weighted by molar-refractivity contribution is 5.81. The first kappa shape index (κ1) is 10.8. The second-order valence-electron chi connectivity index (χ2n) is 4.08. The SMILES string of the molecule is CCc1[c]c2ccc(Oc3cccnc3)cc2[nH]1. The fourth-order valence-corrected chi connectivity index (χ4v) is 1.88. The molecule has 2 heterocycles. The molecule has 1 aromatic carbocycles. The molecule has 3 heteroatoms. The molecule has 89 valence electrons. The summed E-state index contributed by atoms with van der Waals surface area (Å²) >= 11 is 0. The van der Waals surface area contributed by atoms with Crippen LogP contribution < -0.4 is 4.74 Å². The van der Waals surface area contributed by atoms with Crippen LogP contribution >= 0.6 is 0 Å². The largest absolute Gasteiger partial charge is 0.456 e. The highest BCUT2D eigenvalue weighted by Gasteiger charge is 2.03. The van der Waals surface area contributed by atoms with E-state index in [4.69, 9.17) is 4.74 Å². The predicted molar refractivity (Wildman–Crippen MR) is 70.8 cm³/mol. The monoisotopic (exact) mass is 237 g/mol. The number of nitrogens with zero attached hydrogens (tertiary/aromatic N) is 1. The summed E-state index contributed by atoms with van der Waals surface area (Å²) in [5.41, 5.74) is 2.16. The van der Waals surface area contributed by atoms with Crippen LogP contribution in [-0.4, -0.2) is 9.97 Å². The summed E-state index contributed by atoms with van der Waals surface area (Å²) in [6, 6.07) is 13.0. The van der Waals surface area contributed by atoms with Crippen LogP contribution in [0.2, 0.25) is 0 Å². The molecule has 0 aliphatic carbocycles. The zero-order valence-electron chi connectivity index (χ0n) is 10.1. The van der Waals surface area contributed by atoms with Gasteiger partial charge in [0, 0.05) is 34.9 Å². The Morgan fingerprint density at radius 2 is 2.22 bits per heavy atom. The summed E-state index contributed by atoms with van der Waals surface area (Å²) in [4.78, 5) is 7.34. The van der Waals surface area contributed by atoms with Crippen molar-refractivity contribution in [3.8, 4) is 11.5 Å². The van der Waals surface area contributed by atoms with E-state index >= 15 is 0 Å². The number of hydrogen-bond donors (Lipinski definition) is 1. The lowest BCUT2D eigenvalue weighted by molar-refractivity contribution is 0.481. The molecule has 3 aromatic rings. The summed E-state index contributed by atoms with van der Waals surface area (Å²) in [5.74, 6) is 1.54. The van der Waals surface area contributed by atoms with Crippen molar-refractivity contribution in [1.82, 2.24) is 9.97 Å². The van der Waals surface area contributed by atoms with Gasteiger partial charge in [-0.15, -0.1) is 0 Å². The van der Waals surface area contributed by atoms with Crippen LogP contribution in [0.3, 0.4) is 0 Å². The molecule has 0 atom stereocenters. The lowest BCUT2D eigenvalue weighted by atomic mass is 10.2. The maximum absolute atomic E-state index is 5.73. The molecule has 0 saturated heterocycles. The number of aromatic amines is 1. The average molecular weight is 237 g/mol. The van der Waals surface area contributed by atoms with Crippen LogP contribution in [-0.2, 0) is 6.42 Å². The van der Waals surface area contributed by atoms with Crippen molar-refractivity contribution >= 4 is 10.9 Å². The molecule has 0 amide bonds. The smallest absolute Gasteiger partial charge is 0.145 e. The van der Waals surface area contributed by atoms with E-state index in [1.165, 1.54) is 0 Å². The van der Waals surface area contributed by atoms with Gasteiger partial charge in [0.1, 0.15) is 11.5 Å². The van der Waals surface area contributed by atoms with Gasteiger partial charge in [-0.05, 0) is 30.7 Å². The molecule has 0 aliphatic heterocycles. The molecule has 3 rings (SSSR count). The molecular weight excluding hydrogens is 224 g/mol. The molecular formula is C15H13N2O. The predicted octanol–water partition coefficient (Wildman–Crippen LogP) is 3.72. The summed E-state index contributed by atoms with van der Waals surface area (Å²) in [5, 5.41) is 1.09. The Hall–Kier alpha value is -2.29. The number of ether oxygens (including phenoxy) is 1. The van der Waals surface area contributed by atoms with Gasteiger partial charge in [-0.1, -0.05) is 6.92 Å². The lowest BCUT2D eigenvalue weighted by Crippen LogP contribution is -1.84. The van der Waals surface area contributed by atoms with Gasteiger partial charge in [-0.2, -0.15) is 0 Å². The Balaban J connectivity index is 1.93. The van der Waals surface area contributed by atoms with Crippen LogP contribution in [0.1, 0.15) is 12.6 Å². The van der Waals surface area contributed by atoms with E-state index in [0.717, 1.165) is 34.5 Å². The molecule has 0 saturated carbocycles. The average Bonchev–Trinajstić information content (AvgIpc) is 2.82. The molecule has 1 radical (unpaired) electrons. The van der Waals surface area contributed by atoms with Gasteiger partial charge in [0.05, 0.1) is 6.20 Å². The van der Waals surface area contributed by atoms with Crippen LogP contribution in [0, 0.1) is 6.07 Å². The van der Waals surface area contributed by atoms with Gasteiger partial charge in [0.15, 0.2) is 0 Å². The van der Waals surface area contributed by atoms with Crippen molar-refractivity contribution in [3.63, 3.8) is 0 Å². The second-order valence-corrected chi connectivity index (χ2v) is 4.08. The van der Waals surface area contributed by atoms with Gasteiger partial charge < -0.3 is 9.72 Å². The third kappa shape index (κ3) is 2.07. The number of hydrogen-bond acceptors (Lipinski definition) is 2. The van der Waals surface area contributed by atoms with Crippen molar-refractivity contribution < 1.29 is 4.74 Å². The Bertz CT molecular complexity index is 659. The highest BCUT2D eigenvalue weighted by Crippen LogP contribution is 2.25. The number of rotatable bonds is 3. The normalized spacial score (nSPS) is 10.7. The second kappa shape index (κ2) is 4.53. The number of fused-ring (bicyclic) bond motifs is 1. The fourth-order valence-electron chi connectivity index (χ4n) is 1.88. The first-order valence-electron chi connectivity index (χ1n) is 5.97. The van der Waals surface area contributed by atoms with Gasteiger partial charge in [0.2, 0.25) is 0 Å². The Morgan fingerprint density at radius 3 is 3.00 bits per heavy atom. The van der Waals surface area contributed by atoms with Crippen molar-refractivity contribution in [1.29, 1.82) is 0 Å². The number of H-pyrrole nitrogens is 1. The summed E-state index contributed by atoms with van der Waals surface area (Å²) in [6.45, 7) is 2.11. The maximum atomic E-state index is 5.73. The van der Waals surface area contributed by atoms with Crippen LogP contribution in [0.25, 0.3) is 10.9 Å². The molecule has 0 unspecified atom stereocenters. The van der Waals surface area contributed by atoms with Crippen molar-refractivity contribution in [3.05, 3.63) is 54.5 Å². The fraction of sp³-hybridized carbons (Fsp3) is 0.133.